The number of carboxylic acids is 1. The van der Waals surface area contributed by atoms with E-state index in [0.29, 0.717) is 36.9 Å². The number of carboxylic acid groups (broad SMARTS) is 1. The topological polar surface area (TPSA) is 155 Å². The van der Waals surface area contributed by atoms with Gasteiger partial charge in [0.2, 0.25) is 0 Å². The van der Waals surface area contributed by atoms with E-state index in [2.05, 4.69) is 41.7 Å². The SMILES string of the molecule is C.COC(=O)c1ccc(CN2CC[N-]CC[N-]CC[N-]CC2)cc1.O=C(O)c1ccc(CN2CC[N-]CC[N-]CC[N-]CC2)cc1.[Cl-].[Cl][Co+][Cl].[Cl][Co+][Cl]. The van der Waals surface area contributed by atoms with E-state index in [4.69, 9.17) is 50.4 Å². The van der Waals surface area contributed by atoms with E-state index in [9.17, 15) is 9.59 Å². The second-order valence-electron chi connectivity index (χ2n) is 10.9. The predicted octanol–water partition coefficient (Wildman–Crippen LogP) is 5.12. The van der Waals surface area contributed by atoms with Gasteiger partial charge in [-0.2, -0.15) is 52.4 Å². The van der Waals surface area contributed by atoms with Crippen LogP contribution in [-0.4, -0.2) is 139 Å². The molecular formula is C34H52Cl5Co2N8O4-5. The fourth-order valence-corrected chi connectivity index (χ4v) is 4.76. The molecule has 2 aliphatic rings. The Kier molecular flexibility index (Phi) is 39.6. The summed E-state index contributed by atoms with van der Waals surface area (Å²) < 4.78 is 4.72. The second kappa shape index (κ2) is 38.4. The molecule has 0 amide bonds. The van der Waals surface area contributed by atoms with Crippen LogP contribution in [0.4, 0.5) is 0 Å². The minimum atomic E-state index is -0.888. The Bertz CT molecular complexity index is 1130. The third-order valence-electron chi connectivity index (χ3n) is 7.35. The molecule has 0 radical (unpaired) electrons. The minimum absolute atomic E-state index is 0. The molecule has 4 rings (SSSR count). The number of carbonyl (C=O) groups is 2. The molecule has 2 aromatic carbocycles. The number of esters is 1. The first kappa shape index (κ1) is 54.6. The molecule has 0 saturated carbocycles. The van der Waals surface area contributed by atoms with Gasteiger partial charge in [-0.15, -0.1) is 26.2 Å². The first-order valence-corrected chi connectivity index (χ1v) is 22.0. The van der Waals surface area contributed by atoms with E-state index < -0.39 is 5.97 Å². The van der Waals surface area contributed by atoms with Crippen LogP contribution < -0.4 is 12.4 Å². The zero-order valence-corrected chi connectivity index (χ0v) is 35.0. The number of nitrogens with zero attached hydrogens (tertiary/aromatic N) is 8. The molecule has 2 saturated heterocycles. The van der Waals surface area contributed by atoms with Crippen molar-refractivity contribution in [3.63, 3.8) is 0 Å². The van der Waals surface area contributed by atoms with Crippen LogP contribution in [0.5, 0.6) is 0 Å². The Morgan fingerprint density at radius 1 is 0.585 bits per heavy atom. The van der Waals surface area contributed by atoms with Gasteiger partial charge in [0, 0.05) is 13.1 Å². The van der Waals surface area contributed by atoms with Gasteiger partial charge < -0.3 is 64.0 Å². The van der Waals surface area contributed by atoms with E-state index in [1.54, 1.807) is 12.1 Å². The van der Waals surface area contributed by atoms with Crippen LogP contribution in [0.1, 0.15) is 39.3 Å². The van der Waals surface area contributed by atoms with Crippen molar-refractivity contribution in [1.82, 2.24) is 9.80 Å². The summed E-state index contributed by atoms with van der Waals surface area (Å²) in [4.78, 5) is 27.0. The fourth-order valence-electron chi connectivity index (χ4n) is 4.76. The van der Waals surface area contributed by atoms with E-state index >= 15 is 0 Å². The second-order valence-corrected chi connectivity index (χ2v) is 14.3. The average molecular weight is 932 g/mol. The van der Waals surface area contributed by atoms with Crippen LogP contribution in [0, 0.1) is 0 Å². The number of methoxy groups -OCH3 is 1. The van der Waals surface area contributed by atoms with Crippen LogP contribution >= 0.6 is 40.6 Å². The molecule has 19 heteroatoms. The number of ether oxygens (including phenoxy) is 1. The predicted molar refractivity (Wildman–Crippen MR) is 210 cm³/mol. The maximum absolute atomic E-state index is 11.5. The summed E-state index contributed by atoms with van der Waals surface area (Å²) in [7, 11) is 20.3. The number of rotatable bonds is 6. The summed E-state index contributed by atoms with van der Waals surface area (Å²) in [6.45, 7) is 15.0. The molecule has 0 spiro atoms. The maximum atomic E-state index is 11.5. The Balaban J connectivity index is 0. The summed E-state index contributed by atoms with van der Waals surface area (Å²) in [6.07, 6.45) is 0. The Morgan fingerprint density at radius 2 is 0.849 bits per heavy atom. The fraction of sp³-hybridized carbons (Fsp3) is 0.588. The third kappa shape index (κ3) is 29.4. The van der Waals surface area contributed by atoms with Gasteiger partial charge in [-0.05, 0) is 61.6 Å². The molecule has 0 bridgehead atoms. The zero-order valence-electron chi connectivity index (χ0n) is 29.2. The molecule has 2 fully saturated rings. The van der Waals surface area contributed by atoms with Gasteiger partial charge in [0.05, 0.1) is 18.2 Å². The molecule has 12 nitrogen and oxygen atoms in total. The molecule has 0 unspecified atom stereocenters. The van der Waals surface area contributed by atoms with E-state index in [1.807, 2.05) is 36.4 Å². The van der Waals surface area contributed by atoms with Gasteiger partial charge in [0.25, 0.3) is 0 Å². The van der Waals surface area contributed by atoms with E-state index in [1.165, 1.54) is 12.7 Å². The van der Waals surface area contributed by atoms with Gasteiger partial charge in [0.15, 0.2) is 0 Å². The summed E-state index contributed by atoms with van der Waals surface area (Å²) >= 11 is 0.764. The monoisotopic (exact) mass is 929 g/mol. The van der Waals surface area contributed by atoms with E-state index in [-0.39, 0.29) is 25.8 Å². The quantitative estimate of drug-likeness (QED) is 0.397. The number of carbonyl (C=O) groups excluding carboxylic acids is 1. The van der Waals surface area contributed by atoms with Crippen molar-refractivity contribution >= 4 is 52.5 Å². The number of hydrogen-bond donors (Lipinski definition) is 1. The zero-order chi connectivity index (χ0) is 37.4. The Morgan fingerprint density at radius 3 is 1.11 bits per heavy atom. The standard InChI is InChI=1S/C17H25N4O2.C16H23N4O2.CH4.5ClH.2Co/c1-23-17(22)16-4-2-15(3-5-16)14-21-12-10-19-8-6-18-7-9-20-11-13-21;21-16(22)15-3-1-14(2-4-15)13-20-11-9-18-7-5-17-6-8-19-10-12-20;;;;;;;;/h2-5H,6-14H2,1H3;1-4H,5-13H2,(H,21,22);1H4;5*1H;;/q2*-3;;;;;;;2*+3/p-5. The van der Waals surface area contributed by atoms with Crippen molar-refractivity contribution in [3.05, 3.63) is 103 Å². The first-order valence-electron chi connectivity index (χ1n) is 16.3. The summed E-state index contributed by atoms with van der Waals surface area (Å²) in [5.74, 6) is -1.19. The molecule has 2 heterocycles. The summed E-state index contributed by atoms with van der Waals surface area (Å²) in [5.41, 5.74) is 3.21. The average Bonchev–Trinajstić information content (AvgIpc) is 3.12. The van der Waals surface area contributed by atoms with Crippen molar-refractivity contribution in [2.45, 2.75) is 20.5 Å². The van der Waals surface area contributed by atoms with Gasteiger partial charge in [-0.3, -0.25) is 0 Å². The molecule has 53 heavy (non-hydrogen) atoms. The van der Waals surface area contributed by atoms with Crippen molar-refractivity contribution in [2.24, 2.45) is 0 Å². The van der Waals surface area contributed by atoms with E-state index in [0.717, 1.165) is 123 Å². The number of hydrogen-bond acceptors (Lipinski definition) is 5. The molecule has 0 aromatic heterocycles. The van der Waals surface area contributed by atoms with Crippen molar-refractivity contribution in [1.29, 1.82) is 0 Å². The number of halogens is 5. The summed E-state index contributed by atoms with van der Waals surface area (Å²) in [6, 6.07) is 14.7. The molecule has 0 atom stereocenters. The Hall–Kier alpha value is -0.477. The molecule has 2 aromatic rings. The van der Waals surface area contributed by atoms with Crippen LogP contribution in [0.25, 0.3) is 31.9 Å². The van der Waals surface area contributed by atoms with Gasteiger partial charge >= 0.3 is 78.3 Å². The van der Waals surface area contributed by atoms with Crippen molar-refractivity contribution in [2.75, 3.05) is 112 Å². The van der Waals surface area contributed by atoms with Crippen LogP contribution in [0.2, 0.25) is 0 Å². The van der Waals surface area contributed by atoms with Gasteiger partial charge in [0.1, 0.15) is 0 Å². The molecule has 1 N–H and O–H groups in total. The summed E-state index contributed by atoms with van der Waals surface area (Å²) in [5, 5.41) is 35.7. The third-order valence-corrected chi connectivity index (χ3v) is 7.35. The normalized spacial score (nSPS) is 16.8. The van der Waals surface area contributed by atoms with Crippen molar-refractivity contribution < 1.29 is 57.6 Å². The van der Waals surface area contributed by atoms with Gasteiger partial charge in [-0.1, -0.05) is 31.7 Å². The molecule has 2 aliphatic heterocycles. The molecule has 310 valence electrons. The first-order chi connectivity index (χ1) is 24.9. The van der Waals surface area contributed by atoms with Crippen LogP contribution in [-0.2, 0) is 43.6 Å². The Labute approximate surface area is 352 Å². The van der Waals surface area contributed by atoms with Crippen LogP contribution in [0.3, 0.4) is 0 Å². The molecular weight excluding hydrogens is 880 g/mol. The number of aromatic carboxylic acids is 1. The van der Waals surface area contributed by atoms with Crippen molar-refractivity contribution in [3.8, 4) is 0 Å². The number of benzene rings is 2. The van der Waals surface area contributed by atoms with Crippen LogP contribution in [0.15, 0.2) is 48.5 Å². The molecule has 0 aliphatic carbocycles. The van der Waals surface area contributed by atoms with Gasteiger partial charge in [-0.25, -0.2) is 9.59 Å².